The number of rotatable bonds is 11. The number of aryl methyl sites for hydroxylation is 1. The van der Waals surface area contributed by atoms with Crippen LogP contribution in [0.15, 0.2) is 59.5 Å². The highest BCUT2D eigenvalue weighted by Gasteiger charge is 2.50. The molecule has 406 valence electrons. The highest BCUT2D eigenvalue weighted by Crippen LogP contribution is 2.44. The predicted molar refractivity (Wildman–Crippen MR) is 290 cm³/mol. The maximum atomic E-state index is 17.2. The molecule has 10 heterocycles. The van der Waals surface area contributed by atoms with E-state index in [9.17, 15) is 19.2 Å². The monoisotopic (exact) mass is 1060 g/mol. The molecule has 1 unspecified atom stereocenters. The Morgan fingerprint density at radius 2 is 1.71 bits per heavy atom. The van der Waals surface area contributed by atoms with Crippen LogP contribution in [0.4, 0.5) is 19.4 Å². The van der Waals surface area contributed by atoms with E-state index in [1.165, 1.54) is 16.2 Å². The van der Waals surface area contributed by atoms with Crippen molar-refractivity contribution in [1.29, 1.82) is 0 Å². The van der Waals surface area contributed by atoms with E-state index in [0.29, 0.717) is 103 Å². The summed E-state index contributed by atoms with van der Waals surface area (Å²) >= 11 is 0. The van der Waals surface area contributed by atoms with E-state index < -0.39 is 23.6 Å². The van der Waals surface area contributed by atoms with Gasteiger partial charge in [-0.2, -0.15) is 9.97 Å². The summed E-state index contributed by atoms with van der Waals surface area (Å²) in [5.41, 5.74) is 2.65. The van der Waals surface area contributed by atoms with Gasteiger partial charge in [-0.05, 0) is 131 Å². The van der Waals surface area contributed by atoms with Gasteiger partial charge in [-0.15, -0.1) is 6.42 Å². The van der Waals surface area contributed by atoms with E-state index in [1.807, 2.05) is 17.0 Å². The van der Waals surface area contributed by atoms with Gasteiger partial charge in [0.25, 0.3) is 0 Å². The number of imidazole rings is 1. The first-order valence-corrected chi connectivity index (χ1v) is 28.1. The Bertz CT molecular complexity index is 3480. The van der Waals surface area contributed by atoms with Gasteiger partial charge in [-0.25, -0.2) is 18.4 Å². The molecule has 6 aromatic rings. The average molecular weight is 1060 g/mol. The number of amides is 3. The van der Waals surface area contributed by atoms with Gasteiger partial charge in [-0.3, -0.25) is 33.9 Å². The summed E-state index contributed by atoms with van der Waals surface area (Å²) in [5.74, 6) is 1.94. The number of nitrogens with zero attached hydrogens (tertiary/aromatic N) is 9. The standard InChI is InChI=1S/C59H65F2N11O6/c1-3-42-45(60)12-8-37-6-4-7-43(50(37)42)52-51(61)53-44(29-62-52)54(70-31-39-10-11-40(32-70)63-39)66-56(65-53)78-34-59-21-5-23-71(59)41(16-22-59)33-77-58(76)69-26-17-35(18-27-69)30-68-24-19-36(20-25-68)38-9-13-46-48(28-38)67(2)57(75)72(46)47-14-15-49(73)64-55(47)74/h1,4,6-9,12-13,28-29,35-36,39-41,47,63H,5,10-11,14-27,30-34H2,2H3,(H,64,73,74)/t39-,40+,41-,47?,59+/m0/s1. The molecule has 3 aromatic carbocycles. The molecule has 7 fully saturated rings. The molecule has 2 bridgehead atoms. The number of anilines is 1. The van der Waals surface area contributed by atoms with Crippen molar-refractivity contribution < 1.29 is 32.6 Å². The lowest BCUT2D eigenvalue weighted by Crippen LogP contribution is -2.51. The second-order valence-corrected chi connectivity index (χ2v) is 23.0. The molecule has 0 radical (unpaired) electrons. The number of halogens is 2. The summed E-state index contributed by atoms with van der Waals surface area (Å²) in [6, 6.07) is 14.4. The van der Waals surface area contributed by atoms with Crippen molar-refractivity contribution in [2.24, 2.45) is 13.0 Å². The Kier molecular flexibility index (Phi) is 13.2. The zero-order valence-corrected chi connectivity index (χ0v) is 44.0. The number of pyridine rings is 1. The van der Waals surface area contributed by atoms with Gasteiger partial charge in [0, 0.05) is 81.5 Å². The summed E-state index contributed by atoms with van der Waals surface area (Å²) in [4.78, 5) is 74.9. The third kappa shape index (κ3) is 9.02. The summed E-state index contributed by atoms with van der Waals surface area (Å²) in [6.07, 6.45) is 17.2. The zero-order chi connectivity index (χ0) is 53.4. The van der Waals surface area contributed by atoms with E-state index in [4.69, 9.17) is 25.9 Å². The highest BCUT2D eigenvalue weighted by atomic mass is 19.1. The maximum Gasteiger partial charge on any atom is 0.409 e. The van der Waals surface area contributed by atoms with Crippen LogP contribution in [-0.4, -0.2) is 146 Å². The smallest absolute Gasteiger partial charge is 0.409 e. The van der Waals surface area contributed by atoms with Crippen LogP contribution in [0.2, 0.25) is 0 Å². The fourth-order valence-corrected chi connectivity index (χ4v) is 14.4. The topological polar surface area (TPSA) is 172 Å². The average Bonchev–Trinajstić information content (AvgIpc) is 4.20. The normalized spacial score (nSPS) is 25.3. The molecule has 19 heteroatoms. The number of piperidine rings is 3. The van der Waals surface area contributed by atoms with Crippen LogP contribution in [0.1, 0.15) is 100 Å². The lowest BCUT2D eigenvalue weighted by atomic mass is 9.88. The molecule has 3 aromatic heterocycles. The van der Waals surface area contributed by atoms with E-state index in [1.54, 1.807) is 36.0 Å². The molecule has 7 aliphatic rings. The lowest BCUT2D eigenvalue weighted by molar-refractivity contribution is -0.135. The zero-order valence-electron chi connectivity index (χ0n) is 44.0. The van der Waals surface area contributed by atoms with Gasteiger partial charge >= 0.3 is 17.8 Å². The molecule has 3 amide bonds. The Hall–Kier alpha value is -7.01. The Morgan fingerprint density at radius 1 is 0.897 bits per heavy atom. The van der Waals surface area contributed by atoms with Crippen LogP contribution >= 0.6 is 0 Å². The van der Waals surface area contributed by atoms with Crippen molar-refractivity contribution in [3.05, 3.63) is 88.0 Å². The molecule has 78 heavy (non-hydrogen) atoms. The third-order valence-corrected chi connectivity index (χ3v) is 18.5. The van der Waals surface area contributed by atoms with Crippen molar-refractivity contribution in [3.8, 4) is 29.6 Å². The van der Waals surface area contributed by atoms with Gasteiger partial charge < -0.3 is 29.5 Å². The number of imide groups is 1. The minimum atomic E-state index is -0.703. The number of hydrogen-bond acceptors (Lipinski definition) is 13. The Balaban J connectivity index is 0.625. The summed E-state index contributed by atoms with van der Waals surface area (Å²) in [6.45, 7) is 7.14. The quantitative estimate of drug-likeness (QED) is 0.103. The number of carbonyl (C=O) groups excluding carboxylic acids is 3. The molecule has 0 spiro atoms. The number of aromatic nitrogens is 5. The van der Waals surface area contributed by atoms with Crippen LogP contribution in [0.5, 0.6) is 6.01 Å². The van der Waals surface area contributed by atoms with Crippen molar-refractivity contribution >= 4 is 56.4 Å². The second-order valence-electron chi connectivity index (χ2n) is 23.0. The van der Waals surface area contributed by atoms with E-state index in [0.717, 1.165) is 95.9 Å². The maximum absolute atomic E-state index is 17.2. The van der Waals surface area contributed by atoms with Gasteiger partial charge in [0.2, 0.25) is 11.8 Å². The predicted octanol–water partition coefficient (Wildman–Crippen LogP) is 6.78. The highest BCUT2D eigenvalue weighted by molar-refractivity contribution is 6.02. The molecule has 0 saturated carbocycles. The Morgan fingerprint density at radius 3 is 2.49 bits per heavy atom. The van der Waals surface area contributed by atoms with Gasteiger partial charge in [0.15, 0.2) is 5.82 Å². The van der Waals surface area contributed by atoms with Crippen LogP contribution in [0.3, 0.4) is 0 Å². The largest absolute Gasteiger partial charge is 0.461 e. The van der Waals surface area contributed by atoms with Crippen LogP contribution in [0.25, 0.3) is 44.0 Å². The van der Waals surface area contributed by atoms with E-state index >= 15 is 8.78 Å². The number of piperazine rings is 1. The minimum Gasteiger partial charge on any atom is -0.461 e. The van der Waals surface area contributed by atoms with Gasteiger partial charge in [0.1, 0.15) is 42.1 Å². The number of nitrogens with one attached hydrogen (secondary N) is 2. The molecule has 7 aliphatic heterocycles. The molecule has 7 saturated heterocycles. The van der Waals surface area contributed by atoms with Crippen molar-refractivity contribution in [1.82, 2.24) is 49.4 Å². The first-order valence-electron chi connectivity index (χ1n) is 28.1. The number of fused-ring (bicyclic) bond motifs is 6. The molecule has 17 nitrogen and oxygen atoms in total. The van der Waals surface area contributed by atoms with Crippen LogP contribution < -0.4 is 26.0 Å². The van der Waals surface area contributed by atoms with Crippen LogP contribution in [-0.2, 0) is 21.4 Å². The fraction of sp³-hybridized carbons (Fsp3) is 0.508. The van der Waals surface area contributed by atoms with Crippen molar-refractivity contribution in [2.45, 2.75) is 113 Å². The first kappa shape index (κ1) is 50.5. The molecule has 2 N–H and O–H groups in total. The molecule has 5 atom stereocenters. The summed E-state index contributed by atoms with van der Waals surface area (Å²) in [7, 11) is 1.74. The number of terminal acetylenes is 1. The first-order chi connectivity index (χ1) is 37.9. The van der Waals surface area contributed by atoms with E-state index in [-0.39, 0.29) is 58.5 Å². The molecular weight excluding hydrogens is 997 g/mol. The second kappa shape index (κ2) is 20.3. The summed E-state index contributed by atoms with van der Waals surface area (Å²) in [5, 5.41) is 7.62. The van der Waals surface area contributed by atoms with Crippen molar-refractivity contribution in [2.75, 3.05) is 70.5 Å². The molecule has 0 aliphatic carbocycles. The van der Waals surface area contributed by atoms with Crippen molar-refractivity contribution in [3.63, 3.8) is 0 Å². The number of ether oxygens (including phenoxy) is 2. The number of benzene rings is 3. The minimum absolute atomic E-state index is 0.0178. The lowest BCUT2D eigenvalue weighted by Gasteiger charge is -2.38. The summed E-state index contributed by atoms with van der Waals surface area (Å²) < 4.78 is 48.1. The van der Waals surface area contributed by atoms with Crippen LogP contribution in [0, 0.1) is 29.9 Å². The molecule has 13 rings (SSSR count). The van der Waals surface area contributed by atoms with E-state index in [2.05, 4.69) is 48.4 Å². The number of carbonyl (C=O) groups is 3. The third-order valence-electron chi connectivity index (χ3n) is 18.5. The molecular formula is C59H65F2N11O6. The van der Waals surface area contributed by atoms with Gasteiger partial charge in [0.05, 0.1) is 27.5 Å². The number of likely N-dealkylation sites (tertiary alicyclic amines) is 2. The number of hydrogen-bond donors (Lipinski definition) is 2. The Labute approximate surface area is 450 Å². The fourth-order valence-electron chi connectivity index (χ4n) is 14.4. The SMILES string of the molecule is C#Cc1c(F)ccc2cccc(-c3ncc4c(N5C[C@H]6CC[C@@H](C5)N6)nc(OC[C@]56CCCN5[C@H](COC(=O)N5CCC(CN7CCC(c8ccc9c(c8)n(C)c(=O)n9C8CCC(=O)NC8=O)CC7)CC5)CC6)nc4c3F)c12. The van der Waals surface area contributed by atoms with Gasteiger partial charge in [-0.1, -0.05) is 36.3 Å².